The van der Waals surface area contributed by atoms with E-state index >= 15 is 0 Å². The Kier molecular flexibility index (Phi) is 5.29. The molecule has 24 heavy (non-hydrogen) atoms. The maximum absolute atomic E-state index is 12.2. The van der Waals surface area contributed by atoms with Crippen LogP contribution in [0.5, 0.6) is 0 Å². The van der Waals surface area contributed by atoms with Gasteiger partial charge in [0.1, 0.15) is 0 Å². The third-order valence-electron chi connectivity index (χ3n) is 3.66. The van der Waals surface area contributed by atoms with Crippen LogP contribution in [0.25, 0.3) is 0 Å². The molecule has 0 heterocycles. The molecule has 0 spiro atoms. The van der Waals surface area contributed by atoms with Crippen molar-refractivity contribution in [1.82, 2.24) is 5.32 Å². The van der Waals surface area contributed by atoms with E-state index in [2.05, 4.69) is 5.32 Å². The first-order valence-corrected chi connectivity index (χ1v) is 9.42. The van der Waals surface area contributed by atoms with E-state index in [0.717, 1.165) is 16.7 Å². The maximum atomic E-state index is 12.2. The second-order valence-corrected chi connectivity index (χ2v) is 7.80. The minimum Gasteiger partial charge on any atom is -0.355 e. The second-order valence-electron chi connectivity index (χ2n) is 5.89. The van der Waals surface area contributed by atoms with Crippen LogP contribution >= 0.6 is 0 Å². The Morgan fingerprint density at radius 1 is 1.04 bits per heavy atom. The van der Waals surface area contributed by atoms with E-state index in [1.165, 1.54) is 10.6 Å². The number of aryl methyl sites for hydroxylation is 2. The van der Waals surface area contributed by atoms with Crippen LogP contribution in [0.2, 0.25) is 0 Å². The molecule has 0 saturated heterocycles. The highest BCUT2D eigenvalue weighted by atomic mass is 32.2. The van der Waals surface area contributed by atoms with Crippen LogP contribution in [0.15, 0.2) is 42.5 Å². The molecule has 2 aromatic rings. The van der Waals surface area contributed by atoms with Gasteiger partial charge in [-0.05, 0) is 54.8 Å². The first-order valence-electron chi connectivity index (χ1n) is 7.58. The highest BCUT2D eigenvalue weighted by Crippen LogP contribution is 2.23. The number of carbonyl (C=O) groups is 1. The molecule has 1 N–H and O–H groups in total. The number of sulfonamides is 1. The first kappa shape index (κ1) is 18.0. The Morgan fingerprint density at radius 3 is 2.04 bits per heavy atom. The highest BCUT2D eigenvalue weighted by Gasteiger charge is 2.18. The molecular weight excluding hydrogens is 324 g/mol. The normalized spacial score (nSPS) is 11.2. The molecule has 128 valence electrons. The van der Waals surface area contributed by atoms with Gasteiger partial charge >= 0.3 is 0 Å². The van der Waals surface area contributed by atoms with E-state index in [0.29, 0.717) is 11.3 Å². The Hall–Kier alpha value is -2.34. The number of hydrogen-bond donors (Lipinski definition) is 1. The number of carbonyl (C=O) groups excluding carboxylic acids is 1. The molecule has 0 aromatic heterocycles. The van der Waals surface area contributed by atoms with E-state index in [-0.39, 0.29) is 12.5 Å². The molecule has 0 unspecified atom stereocenters. The minimum atomic E-state index is -3.43. The van der Waals surface area contributed by atoms with Gasteiger partial charge in [0.2, 0.25) is 10.0 Å². The predicted octanol–water partition coefficient (Wildman–Crippen LogP) is 2.63. The lowest BCUT2D eigenvalue weighted by molar-refractivity contribution is 0.0963. The molecule has 6 heteroatoms. The van der Waals surface area contributed by atoms with Crippen molar-refractivity contribution >= 4 is 21.6 Å². The molecule has 2 rings (SSSR count). The summed E-state index contributed by atoms with van der Waals surface area (Å²) in [7, 11) is -1.86. The summed E-state index contributed by atoms with van der Waals surface area (Å²) in [6.07, 6.45) is 1.20. The molecule has 1 amide bonds. The molecule has 0 aliphatic rings. The minimum absolute atomic E-state index is 0.171. The van der Waals surface area contributed by atoms with Crippen molar-refractivity contribution in [3.05, 3.63) is 64.7 Å². The van der Waals surface area contributed by atoms with Crippen LogP contribution in [0.3, 0.4) is 0 Å². The Balaban J connectivity index is 2.35. The topological polar surface area (TPSA) is 66.5 Å². The Bertz CT molecular complexity index is 823. The highest BCUT2D eigenvalue weighted by molar-refractivity contribution is 7.92. The molecule has 5 nitrogen and oxygen atoms in total. The van der Waals surface area contributed by atoms with Gasteiger partial charge in [-0.25, -0.2) is 8.42 Å². The van der Waals surface area contributed by atoms with Crippen molar-refractivity contribution in [3.8, 4) is 0 Å². The second kappa shape index (κ2) is 7.05. The molecule has 0 radical (unpaired) electrons. The zero-order valence-corrected chi connectivity index (χ0v) is 15.1. The third kappa shape index (κ3) is 4.35. The van der Waals surface area contributed by atoms with E-state index in [1.54, 1.807) is 31.3 Å². The molecule has 0 aliphatic heterocycles. The summed E-state index contributed by atoms with van der Waals surface area (Å²) in [5, 5.41) is 2.56. The number of rotatable bonds is 5. The van der Waals surface area contributed by atoms with Gasteiger partial charge in [0.15, 0.2) is 0 Å². The van der Waals surface area contributed by atoms with Gasteiger partial charge in [0, 0.05) is 12.6 Å². The predicted molar refractivity (Wildman–Crippen MR) is 96.8 cm³/mol. The van der Waals surface area contributed by atoms with Crippen molar-refractivity contribution in [1.29, 1.82) is 0 Å². The van der Waals surface area contributed by atoms with Gasteiger partial charge in [0.25, 0.3) is 5.91 Å². The first-order chi connectivity index (χ1) is 11.2. The van der Waals surface area contributed by atoms with Gasteiger partial charge in [-0.1, -0.05) is 18.2 Å². The van der Waals surface area contributed by atoms with E-state index < -0.39 is 10.0 Å². The molecule has 0 bridgehead atoms. The van der Waals surface area contributed by atoms with Crippen LogP contribution in [-0.4, -0.2) is 27.6 Å². The summed E-state index contributed by atoms with van der Waals surface area (Å²) >= 11 is 0. The van der Waals surface area contributed by atoms with Gasteiger partial charge in [0.05, 0.1) is 18.5 Å². The quantitative estimate of drug-likeness (QED) is 0.905. The number of hydrogen-bond acceptors (Lipinski definition) is 3. The summed E-state index contributed by atoms with van der Waals surface area (Å²) < 4.78 is 25.9. The summed E-state index contributed by atoms with van der Waals surface area (Å²) in [5.41, 5.74) is 4.01. The Labute approximate surface area is 143 Å². The van der Waals surface area contributed by atoms with Crippen LogP contribution < -0.4 is 9.62 Å². The monoisotopic (exact) mass is 346 g/mol. The molecule has 0 saturated carbocycles. The standard InChI is InChI=1S/C18H22N2O3S/c1-13-9-14(2)11-17(10-13)20(24(4,22)23)12-15-5-7-16(8-6-15)18(21)19-3/h5-11H,12H2,1-4H3,(H,19,21). The van der Waals surface area contributed by atoms with Gasteiger partial charge in [-0.2, -0.15) is 0 Å². The molecular formula is C18H22N2O3S. The average Bonchev–Trinajstić information content (AvgIpc) is 2.50. The zero-order valence-electron chi connectivity index (χ0n) is 14.3. The summed E-state index contributed by atoms with van der Waals surface area (Å²) in [6, 6.07) is 12.6. The maximum Gasteiger partial charge on any atom is 0.251 e. The van der Waals surface area contributed by atoms with Crippen LogP contribution in [-0.2, 0) is 16.6 Å². The van der Waals surface area contributed by atoms with Crippen molar-refractivity contribution in [2.45, 2.75) is 20.4 Å². The van der Waals surface area contributed by atoms with Crippen molar-refractivity contribution < 1.29 is 13.2 Å². The summed E-state index contributed by atoms with van der Waals surface area (Å²) in [5.74, 6) is -0.171. The largest absolute Gasteiger partial charge is 0.355 e. The van der Waals surface area contributed by atoms with Crippen LogP contribution in [0.4, 0.5) is 5.69 Å². The third-order valence-corrected chi connectivity index (χ3v) is 4.80. The number of benzene rings is 2. The Morgan fingerprint density at radius 2 is 1.58 bits per heavy atom. The van der Waals surface area contributed by atoms with E-state index in [1.807, 2.05) is 32.0 Å². The lowest BCUT2D eigenvalue weighted by atomic mass is 10.1. The number of anilines is 1. The van der Waals surface area contributed by atoms with Crippen molar-refractivity contribution in [3.63, 3.8) is 0 Å². The van der Waals surface area contributed by atoms with E-state index in [4.69, 9.17) is 0 Å². The molecule has 0 fully saturated rings. The van der Waals surface area contributed by atoms with E-state index in [9.17, 15) is 13.2 Å². The van der Waals surface area contributed by atoms with Crippen LogP contribution in [0, 0.1) is 13.8 Å². The van der Waals surface area contributed by atoms with Gasteiger partial charge in [-0.15, -0.1) is 0 Å². The molecule has 0 aliphatic carbocycles. The van der Waals surface area contributed by atoms with Gasteiger partial charge in [-0.3, -0.25) is 9.10 Å². The lowest BCUT2D eigenvalue weighted by Crippen LogP contribution is -2.29. The zero-order chi connectivity index (χ0) is 17.9. The fourth-order valence-corrected chi connectivity index (χ4v) is 3.44. The van der Waals surface area contributed by atoms with Crippen molar-refractivity contribution in [2.24, 2.45) is 0 Å². The SMILES string of the molecule is CNC(=O)c1ccc(CN(c2cc(C)cc(C)c2)S(C)(=O)=O)cc1. The fraction of sp³-hybridized carbons (Fsp3) is 0.278. The number of nitrogens with one attached hydrogen (secondary N) is 1. The number of amides is 1. The average molecular weight is 346 g/mol. The van der Waals surface area contributed by atoms with Gasteiger partial charge < -0.3 is 5.32 Å². The fourth-order valence-electron chi connectivity index (χ4n) is 2.57. The van der Waals surface area contributed by atoms with Crippen molar-refractivity contribution in [2.75, 3.05) is 17.6 Å². The molecule has 2 aromatic carbocycles. The molecule has 0 atom stereocenters. The smallest absolute Gasteiger partial charge is 0.251 e. The summed E-state index contributed by atoms with van der Waals surface area (Å²) in [6.45, 7) is 4.10. The van der Waals surface area contributed by atoms with Crippen LogP contribution in [0.1, 0.15) is 27.0 Å². The summed E-state index contributed by atoms with van der Waals surface area (Å²) in [4.78, 5) is 11.6. The lowest BCUT2D eigenvalue weighted by Gasteiger charge is -2.23. The number of nitrogens with zero attached hydrogens (tertiary/aromatic N) is 1.